The Hall–Kier alpha value is -8.77. The molecule has 322 valence electrons. The van der Waals surface area contributed by atoms with E-state index in [1.807, 2.05) is 29.5 Å². The largest absolute Gasteiger partial charge is 0.309 e. The molecule has 10 aromatic carbocycles. The number of benzene rings is 10. The fourth-order valence-corrected chi connectivity index (χ4v) is 12.0. The van der Waals surface area contributed by atoms with Crippen LogP contribution in [0.2, 0.25) is 0 Å². The van der Waals surface area contributed by atoms with Crippen molar-refractivity contribution in [3.8, 4) is 73.2 Å². The molecule has 0 N–H and O–H groups in total. The minimum atomic E-state index is -0.0953. The van der Waals surface area contributed by atoms with Gasteiger partial charge < -0.3 is 4.57 Å². The Morgan fingerprint density at radius 3 is 1.72 bits per heavy atom. The van der Waals surface area contributed by atoms with Crippen LogP contribution in [-0.2, 0) is 0 Å². The van der Waals surface area contributed by atoms with Gasteiger partial charge in [0.2, 0.25) is 0 Å². The zero-order chi connectivity index (χ0) is 45.4. The lowest BCUT2D eigenvalue weighted by molar-refractivity contribution is 1.01. The normalized spacial score (nSPS) is 13.1. The summed E-state index contributed by atoms with van der Waals surface area (Å²) in [5.74, 6) is 1.83. The molecule has 0 saturated carbocycles. The van der Waals surface area contributed by atoms with Gasteiger partial charge in [-0.1, -0.05) is 188 Å². The molecule has 0 spiro atoms. The predicted molar refractivity (Wildman–Crippen MR) is 287 cm³/mol. The summed E-state index contributed by atoms with van der Waals surface area (Å²) in [7, 11) is 0. The van der Waals surface area contributed by atoms with E-state index in [2.05, 4.69) is 223 Å². The molecule has 69 heavy (non-hydrogen) atoms. The average Bonchev–Trinajstić information content (AvgIpc) is 4.08. The van der Waals surface area contributed by atoms with Crippen LogP contribution in [0, 0.1) is 0 Å². The lowest BCUT2D eigenvalue weighted by Gasteiger charge is -2.21. The van der Waals surface area contributed by atoms with Gasteiger partial charge in [-0.2, -0.15) is 0 Å². The third kappa shape index (κ3) is 6.39. The first-order valence-corrected chi connectivity index (χ1v) is 24.3. The van der Waals surface area contributed by atoms with E-state index in [0.717, 1.165) is 33.5 Å². The lowest BCUT2D eigenvalue weighted by Crippen LogP contribution is -2.06. The second-order valence-electron chi connectivity index (χ2n) is 17.8. The molecule has 1 aliphatic carbocycles. The van der Waals surface area contributed by atoms with Crippen LogP contribution in [0.3, 0.4) is 0 Å². The molecular weight excluding hydrogens is 857 g/mol. The van der Waals surface area contributed by atoms with Crippen molar-refractivity contribution in [1.82, 2.24) is 19.5 Å². The van der Waals surface area contributed by atoms with Gasteiger partial charge in [0.05, 0.1) is 11.0 Å². The van der Waals surface area contributed by atoms with Gasteiger partial charge in [0.1, 0.15) is 0 Å². The predicted octanol–water partition coefficient (Wildman–Crippen LogP) is 16.8. The summed E-state index contributed by atoms with van der Waals surface area (Å²) < 4.78 is 4.90. The summed E-state index contributed by atoms with van der Waals surface area (Å²) in [6.45, 7) is 0. The van der Waals surface area contributed by atoms with Crippen LogP contribution >= 0.6 is 11.3 Å². The molecule has 0 saturated heterocycles. The van der Waals surface area contributed by atoms with Gasteiger partial charge >= 0.3 is 0 Å². The molecule has 0 amide bonds. The monoisotopic (exact) mass is 896 g/mol. The van der Waals surface area contributed by atoms with E-state index in [4.69, 9.17) is 15.0 Å². The Kier molecular flexibility index (Phi) is 9.11. The molecule has 0 fully saturated rings. The maximum Gasteiger partial charge on any atom is 0.164 e. The van der Waals surface area contributed by atoms with Gasteiger partial charge in [0.15, 0.2) is 17.5 Å². The van der Waals surface area contributed by atoms with Crippen molar-refractivity contribution in [1.29, 1.82) is 0 Å². The number of hydrogen-bond donors (Lipinski definition) is 0. The van der Waals surface area contributed by atoms with Gasteiger partial charge in [-0.25, -0.2) is 15.0 Å². The molecule has 14 rings (SSSR count). The van der Waals surface area contributed by atoms with Crippen LogP contribution in [0.5, 0.6) is 0 Å². The van der Waals surface area contributed by atoms with Crippen LogP contribution in [0.1, 0.15) is 22.6 Å². The van der Waals surface area contributed by atoms with Gasteiger partial charge in [-0.3, -0.25) is 0 Å². The summed E-state index contributed by atoms with van der Waals surface area (Å²) in [6, 6.07) is 85.2. The molecule has 1 aliphatic rings. The van der Waals surface area contributed by atoms with Crippen molar-refractivity contribution < 1.29 is 0 Å². The topological polar surface area (TPSA) is 43.6 Å². The quantitative estimate of drug-likeness (QED) is 0.160. The fourth-order valence-electron chi connectivity index (χ4n) is 10.9. The number of rotatable bonds is 7. The highest BCUT2D eigenvalue weighted by Gasteiger charge is 2.35. The molecule has 1 atom stereocenters. The first kappa shape index (κ1) is 39.4. The zero-order valence-electron chi connectivity index (χ0n) is 37.3. The average molecular weight is 897 g/mol. The van der Waals surface area contributed by atoms with Crippen molar-refractivity contribution in [2.24, 2.45) is 0 Å². The Labute approximate surface area is 403 Å². The van der Waals surface area contributed by atoms with E-state index >= 15 is 0 Å². The van der Waals surface area contributed by atoms with Crippen LogP contribution in [0.15, 0.2) is 237 Å². The number of nitrogens with zero attached hydrogens (tertiary/aromatic N) is 4. The minimum Gasteiger partial charge on any atom is -0.309 e. The number of hydrogen-bond acceptors (Lipinski definition) is 4. The maximum atomic E-state index is 5.50. The smallest absolute Gasteiger partial charge is 0.164 e. The van der Waals surface area contributed by atoms with Gasteiger partial charge in [-0.05, 0) is 98.6 Å². The Morgan fingerprint density at radius 1 is 0.333 bits per heavy atom. The van der Waals surface area contributed by atoms with Crippen LogP contribution in [-0.4, -0.2) is 19.5 Å². The summed E-state index contributed by atoms with van der Waals surface area (Å²) in [4.78, 5) is 16.2. The molecule has 0 radical (unpaired) electrons. The Balaban J connectivity index is 0.998. The van der Waals surface area contributed by atoms with Crippen molar-refractivity contribution in [3.63, 3.8) is 0 Å². The molecule has 5 heteroatoms. The maximum absolute atomic E-state index is 5.50. The molecule has 13 aromatic rings. The third-order valence-corrected chi connectivity index (χ3v) is 15.1. The fraction of sp³-hybridized carbons (Fsp3) is 0.0156. The molecule has 4 nitrogen and oxygen atoms in total. The van der Waals surface area contributed by atoms with E-state index in [1.54, 1.807) is 0 Å². The van der Waals surface area contributed by atoms with Gasteiger partial charge in [-0.15, -0.1) is 11.3 Å². The standard InChI is InChI=1S/C64H40N4S/c1-4-18-40(19-5-1)45-24-10-13-28-51(45)63-65-62(41-20-6-2-7-21-41)66-64(67-63)53-36-37-58-60(52-29-15-17-31-57(52)69-58)61(53)59-49-27-12-11-25-46(49)54-38-42(33-35-50(54)59)43-32-34-48-47-26-14-16-30-55(47)68(56(48)39-43)44-22-8-3-9-23-44/h1-39,59H. The van der Waals surface area contributed by atoms with E-state index in [1.165, 1.54) is 80.9 Å². The number of fused-ring (bicyclic) bond motifs is 9. The van der Waals surface area contributed by atoms with E-state index in [0.29, 0.717) is 17.5 Å². The van der Waals surface area contributed by atoms with Crippen molar-refractivity contribution in [2.45, 2.75) is 5.92 Å². The number of para-hydroxylation sites is 2. The Bertz CT molecular complexity index is 4140. The molecule has 0 bridgehead atoms. The second-order valence-corrected chi connectivity index (χ2v) is 18.9. The third-order valence-electron chi connectivity index (χ3n) is 14.0. The van der Waals surface area contributed by atoms with Crippen LogP contribution < -0.4 is 0 Å². The SMILES string of the molecule is c1ccc(-c2nc(-c3ccccc3-c3ccccc3)nc(-c3ccc4sc5ccccc5c4c3C3c4ccccc4-c4cc(-c5ccc6c7ccccc7n(-c7ccccc7)c6c5)ccc43)n2)cc1. The first-order chi connectivity index (χ1) is 34.2. The van der Waals surface area contributed by atoms with Crippen LogP contribution in [0.4, 0.5) is 0 Å². The van der Waals surface area contributed by atoms with Crippen molar-refractivity contribution >= 4 is 53.3 Å². The summed E-state index contributed by atoms with van der Waals surface area (Å²) in [6.07, 6.45) is 0. The van der Waals surface area contributed by atoms with Gasteiger partial charge in [0.25, 0.3) is 0 Å². The lowest BCUT2D eigenvalue weighted by atomic mass is 9.83. The molecule has 3 heterocycles. The molecule has 3 aromatic heterocycles. The first-order valence-electron chi connectivity index (χ1n) is 23.5. The van der Waals surface area contributed by atoms with E-state index in [-0.39, 0.29) is 5.92 Å². The number of aromatic nitrogens is 4. The van der Waals surface area contributed by atoms with Crippen molar-refractivity contribution in [2.75, 3.05) is 0 Å². The summed E-state index contributed by atoms with van der Waals surface area (Å²) >= 11 is 1.85. The molecule has 1 unspecified atom stereocenters. The van der Waals surface area contributed by atoms with E-state index < -0.39 is 0 Å². The molecule has 0 aliphatic heterocycles. The zero-order valence-corrected chi connectivity index (χ0v) is 38.1. The summed E-state index contributed by atoms with van der Waals surface area (Å²) in [5, 5.41) is 4.98. The second kappa shape index (κ2) is 15.9. The Morgan fingerprint density at radius 2 is 0.913 bits per heavy atom. The highest BCUT2D eigenvalue weighted by atomic mass is 32.1. The highest BCUT2D eigenvalue weighted by Crippen LogP contribution is 2.54. The number of thiophene rings is 1. The van der Waals surface area contributed by atoms with Gasteiger partial charge in [0, 0.05) is 59.2 Å². The molecular formula is C64H40N4S. The van der Waals surface area contributed by atoms with Crippen molar-refractivity contribution in [3.05, 3.63) is 253 Å². The highest BCUT2D eigenvalue weighted by molar-refractivity contribution is 7.25. The van der Waals surface area contributed by atoms with Crippen LogP contribution in [0.25, 0.3) is 115 Å². The van der Waals surface area contributed by atoms with E-state index in [9.17, 15) is 0 Å². The minimum absolute atomic E-state index is 0.0953. The summed E-state index contributed by atoms with van der Waals surface area (Å²) in [5.41, 5.74) is 17.3.